The molecular formula is C22H21F3N2O3. The number of nitrogens with zero attached hydrogens (tertiary/aromatic N) is 1. The maximum absolute atomic E-state index is 13.0. The van der Waals surface area contributed by atoms with E-state index < -0.39 is 6.36 Å². The van der Waals surface area contributed by atoms with Crippen molar-refractivity contribution in [3.63, 3.8) is 0 Å². The van der Waals surface area contributed by atoms with Gasteiger partial charge in [-0.3, -0.25) is 4.79 Å². The number of halogens is 3. The summed E-state index contributed by atoms with van der Waals surface area (Å²) in [6.07, 6.45) is -1.68. The van der Waals surface area contributed by atoms with E-state index in [9.17, 15) is 18.0 Å². The summed E-state index contributed by atoms with van der Waals surface area (Å²) in [6.45, 7) is 2.42. The molecule has 2 aromatic rings. The van der Waals surface area contributed by atoms with Crippen LogP contribution in [0.3, 0.4) is 0 Å². The first-order chi connectivity index (χ1) is 14.3. The first-order valence-electron chi connectivity index (χ1n) is 9.59. The first-order valence-corrected chi connectivity index (χ1v) is 9.59. The molecule has 2 heterocycles. The monoisotopic (exact) mass is 418 g/mol. The highest BCUT2D eigenvalue weighted by atomic mass is 19.4. The summed E-state index contributed by atoms with van der Waals surface area (Å²) in [7, 11) is 1.55. The Morgan fingerprint density at radius 3 is 2.57 bits per heavy atom. The SMILES string of the molecule is COc1cc(C2=CCNCC2)cc2c1C(=O)N(Cc1ccc(OC(F)(F)F)cc1)C2. The van der Waals surface area contributed by atoms with Crippen LogP contribution in [0.2, 0.25) is 0 Å². The third-order valence-electron chi connectivity index (χ3n) is 5.23. The van der Waals surface area contributed by atoms with Crippen molar-refractivity contribution in [3.8, 4) is 11.5 Å². The van der Waals surface area contributed by atoms with Crippen LogP contribution in [0.15, 0.2) is 42.5 Å². The van der Waals surface area contributed by atoms with E-state index in [2.05, 4.69) is 16.1 Å². The molecule has 0 atom stereocenters. The standard InChI is InChI=1S/C22H21F3N2O3/c1-29-19-11-16(15-6-8-26-9-7-15)10-17-13-27(21(28)20(17)19)12-14-2-4-18(5-3-14)30-22(23,24)25/h2-6,10-11,26H,7-9,12-13H2,1H3. The minimum Gasteiger partial charge on any atom is -0.496 e. The summed E-state index contributed by atoms with van der Waals surface area (Å²) >= 11 is 0. The fourth-order valence-electron chi connectivity index (χ4n) is 3.85. The maximum atomic E-state index is 13.0. The Morgan fingerprint density at radius 1 is 1.17 bits per heavy atom. The van der Waals surface area contributed by atoms with Crippen molar-refractivity contribution < 1.29 is 27.4 Å². The smallest absolute Gasteiger partial charge is 0.496 e. The topological polar surface area (TPSA) is 50.8 Å². The zero-order chi connectivity index (χ0) is 21.3. The van der Waals surface area contributed by atoms with Crippen molar-refractivity contribution in [1.82, 2.24) is 10.2 Å². The number of hydrogen-bond acceptors (Lipinski definition) is 4. The minimum absolute atomic E-state index is 0.150. The van der Waals surface area contributed by atoms with E-state index in [1.807, 2.05) is 12.1 Å². The molecule has 0 spiro atoms. The highest BCUT2D eigenvalue weighted by molar-refractivity contribution is 6.01. The molecular weight excluding hydrogens is 397 g/mol. The Bertz CT molecular complexity index is 984. The molecule has 0 saturated carbocycles. The van der Waals surface area contributed by atoms with E-state index in [0.717, 1.165) is 30.6 Å². The van der Waals surface area contributed by atoms with Gasteiger partial charge in [0.05, 0.1) is 12.7 Å². The zero-order valence-electron chi connectivity index (χ0n) is 16.4. The summed E-state index contributed by atoms with van der Waals surface area (Å²) in [5.41, 5.74) is 4.43. The van der Waals surface area contributed by atoms with E-state index in [0.29, 0.717) is 23.4 Å². The van der Waals surface area contributed by atoms with Gasteiger partial charge in [-0.1, -0.05) is 18.2 Å². The normalized spacial score (nSPS) is 16.3. The van der Waals surface area contributed by atoms with Gasteiger partial charge in [-0.15, -0.1) is 13.2 Å². The summed E-state index contributed by atoms with van der Waals surface area (Å²) in [6, 6.07) is 9.49. The lowest BCUT2D eigenvalue weighted by atomic mass is 9.96. The highest BCUT2D eigenvalue weighted by Crippen LogP contribution is 2.36. The summed E-state index contributed by atoms with van der Waals surface area (Å²) in [4.78, 5) is 14.6. The first kappa shape index (κ1) is 20.3. The molecule has 0 saturated heterocycles. The molecule has 4 rings (SSSR count). The average molecular weight is 418 g/mol. The molecule has 5 nitrogen and oxygen atoms in total. The lowest BCUT2D eigenvalue weighted by molar-refractivity contribution is -0.274. The van der Waals surface area contributed by atoms with Gasteiger partial charge in [-0.2, -0.15) is 0 Å². The van der Waals surface area contributed by atoms with E-state index in [1.165, 1.54) is 29.8 Å². The number of alkyl halides is 3. The number of nitrogens with one attached hydrogen (secondary N) is 1. The molecule has 30 heavy (non-hydrogen) atoms. The Hall–Kier alpha value is -3.00. The number of amides is 1. The molecule has 0 aliphatic carbocycles. The second-order valence-corrected chi connectivity index (χ2v) is 7.25. The number of hydrogen-bond donors (Lipinski definition) is 1. The number of carbonyl (C=O) groups excluding carboxylic acids is 1. The van der Waals surface area contributed by atoms with Crippen LogP contribution in [0.4, 0.5) is 13.2 Å². The van der Waals surface area contributed by atoms with Gasteiger partial charge in [-0.25, -0.2) is 0 Å². The van der Waals surface area contributed by atoms with Crippen molar-refractivity contribution in [3.05, 3.63) is 64.7 Å². The van der Waals surface area contributed by atoms with Crippen LogP contribution < -0.4 is 14.8 Å². The zero-order valence-corrected chi connectivity index (χ0v) is 16.4. The fourth-order valence-corrected chi connectivity index (χ4v) is 3.85. The van der Waals surface area contributed by atoms with Crippen molar-refractivity contribution in [1.29, 1.82) is 0 Å². The maximum Gasteiger partial charge on any atom is 0.573 e. The van der Waals surface area contributed by atoms with Gasteiger partial charge in [0.15, 0.2) is 0 Å². The minimum atomic E-state index is -4.73. The van der Waals surface area contributed by atoms with E-state index in [-0.39, 0.29) is 18.2 Å². The van der Waals surface area contributed by atoms with Crippen molar-refractivity contribution in [2.24, 2.45) is 0 Å². The van der Waals surface area contributed by atoms with Gasteiger partial charge in [0.2, 0.25) is 0 Å². The molecule has 2 aliphatic rings. The molecule has 0 fully saturated rings. The van der Waals surface area contributed by atoms with Crippen LogP contribution in [-0.4, -0.2) is 37.4 Å². The van der Waals surface area contributed by atoms with Gasteiger partial charge in [-0.05, 0) is 59.5 Å². The predicted octanol–water partition coefficient (Wildman–Crippen LogP) is 4.13. The van der Waals surface area contributed by atoms with Crippen LogP contribution in [0, 0.1) is 0 Å². The molecule has 158 valence electrons. The van der Waals surface area contributed by atoms with Gasteiger partial charge in [0, 0.05) is 19.6 Å². The Labute approximate surface area is 172 Å². The molecule has 0 bridgehead atoms. The Morgan fingerprint density at radius 2 is 1.93 bits per heavy atom. The Kier molecular flexibility index (Phi) is 5.42. The van der Waals surface area contributed by atoms with Gasteiger partial charge < -0.3 is 19.7 Å². The highest BCUT2D eigenvalue weighted by Gasteiger charge is 2.33. The molecule has 8 heteroatoms. The van der Waals surface area contributed by atoms with Crippen LogP contribution in [0.5, 0.6) is 11.5 Å². The summed E-state index contributed by atoms with van der Waals surface area (Å²) < 4.78 is 46.3. The van der Waals surface area contributed by atoms with Gasteiger partial charge in [0.25, 0.3) is 5.91 Å². The van der Waals surface area contributed by atoms with Crippen LogP contribution >= 0.6 is 0 Å². The molecule has 2 aliphatic heterocycles. The molecule has 0 aromatic heterocycles. The third kappa shape index (κ3) is 4.28. The van der Waals surface area contributed by atoms with Crippen molar-refractivity contribution in [2.75, 3.05) is 20.2 Å². The summed E-state index contributed by atoms with van der Waals surface area (Å²) in [5, 5.41) is 3.28. The Balaban J connectivity index is 1.54. The number of methoxy groups -OCH3 is 1. The van der Waals surface area contributed by atoms with Gasteiger partial charge in [0.1, 0.15) is 11.5 Å². The van der Waals surface area contributed by atoms with Gasteiger partial charge >= 0.3 is 6.36 Å². The molecule has 0 unspecified atom stereocenters. The second kappa shape index (κ2) is 8.02. The number of fused-ring (bicyclic) bond motifs is 1. The van der Waals surface area contributed by atoms with Crippen LogP contribution in [0.25, 0.3) is 5.57 Å². The molecule has 2 aromatic carbocycles. The largest absolute Gasteiger partial charge is 0.573 e. The third-order valence-corrected chi connectivity index (χ3v) is 5.23. The number of benzene rings is 2. The number of ether oxygens (including phenoxy) is 2. The lowest BCUT2D eigenvalue weighted by Crippen LogP contribution is -2.23. The van der Waals surface area contributed by atoms with Crippen LogP contribution in [0.1, 0.15) is 33.5 Å². The molecule has 1 amide bonds. The van der Waals surface area contributed by atoms with E-state index >= 15 is 0 Å². The molecule has 0 radical (unpaired) electrons. The van der Waals surface area contributed by atoms with E-state index in [4.69, 9.17) is 4.74 Å². The average Bonchev–Trinajstić information content (AvgIpc) is 3.04. The summed E-state index contributed by atoms with van der Waals surface area (Å²) in [5.74, 6) is 0.107. The number of rotatable bonds is 5. The predicted molar refractivity (Wildman–Crippen MR) is 105 cm³/mol. The fraction of sp³-hybridized carbons (Fsp3) is 0.318. The van der Waals surface area contributed by atoms with Crippen molar-refractivity contribution >= 4 is 11.5 Å². The second-order valence-electron chi connectivity index (χ2n) is 7.25. The lowest BCUT2D eigenvalue weighted by Gasteiger charge is -2.16. The molecule has 1 N–H and O–H groups in total. The van der Waals surface area contributed by atoms with Crippen molar-refractivity contribution in [2.45, 2.75) is 25.9 Å². The van der Waals surface area contributed by atoms with E-state index in [1.54, 1.807) is 12.0 Å². The number of carbonyl (C=O) groups is 1. The van der Waals surface area contributed by atoms with Crippen LogP contribution in [-0.2, 0) is 13.1 Å². The quantitative estimate of drug-likeness (QED) is 0.794.